The van der Waals surface area contributed by atoms with Gasteiger partial charge >= 0.3 is 5.97 Å². The summed E-state index contributed by atoms with van der Waals surface area (Å²) in [6, 6.07) is 7.50. The molecule has 1 aliphatic rings. The van der Waals surface area contributed by atoms with Crippen LogP contribution in [-0.4, -0.2) is 44.1 Å². The molecule has 6 nitrogen and oxygen atoms in total. The maximum Gasteiger partial charge on any atom is 0.337 e. The molecule has 134 valence electrons. The minimum Gasteiger partial charge on any atom is -0.478 e. The summed E-state index contributed by atoms with van der Waals surface area (Å²) in [7, 11) is -3.80. The number of halogens is 1. The summed E-state index contributed by atoms with van der Waals surface area (Å²) in [4.78, 5) is 13.6. The number of nitrogens with zero attached hydrogens (tertiary/aromatic N) is 1. The largest absolute Gasteiger partial charge is 0.478 e. The number of anilines is 2. The van der Waals surface area contributed by atoms with E-state index in [-0.39, 0.29) is 15.5 Å². The van der Waals surface area contributed by atoms with Gasteiger partial charge in [0.2, 0.25) is 0 Å². The highest BCUT2D eigenvalue weighted by Gasteiger charge is 2.21. The summed E-state index contributed by atoms with van der Waals surface area (Å²) < 4.78 is 27.6. The zero-order valence-electron chi connectivity index (χ0n) is 12.9. The molecule has 0 aliphatic carbocycles. The molecule has 10 heteroatoms. The monoisotopic (exact) mass is 418 g/mol. The van der Waals surface area contributed by atoms with Crippen LogP contribution in [0.2, 0.25) is 4.34 Å². The lowest BCUT2D eigenvalue weighted by atomic mass is 10.1. The van der Waals surface area contributed by atoms with Gasteiger partial charge in [-0.15, -0.1) is 11.3 Å². The van der Waals surface area contributed by atoms with E-state index >= 15 is 0 Å². The van der Waals surface area contributed by atoms with Crippen molar-refractivity contribution in [1.29, 1.82) is 0 Å². The van der Waals surface area contributed by atoms with Gasteiger partial charge in [0.25, 0.3) is 10.0 Å². The highest BCUT2D eigenvalue weighted by atomic mass is 35.5. The maximum atomic E-state index is 12.4. The summed E-state index contributed by atoms with van der Waals surface area (Å²) >= 11 is 8.55. The van der Waals surface area contributed by atoms with Crippen molar-refractivity contribution in [3.05, 3.63) is 40.2 Å². The third-order valence-electron chi connectivity index (χ3n) is 3.64. The molecule has 0 atom stereocenters. The zero-order chi connectivity index (χ0) is 18.0. The number of aromatic carboxylic acids is 1. The Labute approximate surface area is 158 Å². The Morgan fingerprint density at radius 1 is 1.20 bits per heavy atom. The molecular formula is C15H15ClN2O4S3. The number of carbonyl (C=O) groups is 1. The van der Waals surface area contributed by atoms with Gasteiger partial charge in [-0.05, 0) is 30.3 Å². The van der Waals surface area contributed by atoms with E-state index in [1.54, 1.807) is 12.1 Å². The molecule has 1 saturated heterocycles. The fourth-order valence-electron chi connectivity index (χ4n) is 2.50. The number of carboxylic acid groups (broad SMARTS) is 1. The molecule has 1 aromatic heterocycles. The number of thiophene rings is 1. The van der Waals surface area contributed by atoms with Crippen LogP contribution >= 0.6 is 34.7 Å². The fourth-order valence-corrected chi connectivity index (χ4v) is 5.93. The van der Waals surface area contributed by atoms with E-state index in [2.05, 4.69) is 4.72 Å². The highest BCUT2D eigenvalue weighted by molar-refractivity contribution is 7.99. The van der Waals surface area contributed by atoms with E-state index in [9.17, 15) is 18.3 Å². The van der Waals surface area contributed by atoms with Gasteiger partial charge in [0.05, 0.1) is 15.6 Å². The van der Waals surface area contributed by atoms with Crippen molar-refractivity contribution in [2.24, 2.45) is 0 Å². The predicted molar refractivity (Wildman–Crippen MR) is 103 cm³/mol. The Bertz CT molecular complexity index is 892. The molecule has 1 fully saturated rings. The minimum absolute atomic E-state index is 0.0755. The first kappa shape index (κ1) is 18.4. The molecule has 2 heterocycles. The first-order valence-corrected chi connectivity index (χ1v) is 11.2. The number of carboxylic acids is 1. The van der Waals surface area contributed by atoms with Crippen LogP contribution in [0, 0.1) is 0 Å². The summed E-state index contributed by atoms with van der Waals surface area (Å²) in [6.07, 6.45) is 0. The quantitative estimate of drug-likeness (QED) is 0.773. The Kier molecular flexibility index (Phi) is 5.47. The minimum atomic E-state index is -3.80. The second kappa shape index (κ2) is 7.45. The van der Waals surface area contributed by atoms with Crippen molar-refractivity contribution in [3.63, 3.8) is 0 Å². The molecule has 0 unspecified atom stereocenters. The van der Waals surface area contributed by atoms with E-state index in [4.69, 9.17) is 11.6 Å². The number of thioether (sulfide) groups is 1. The van der Waals surface area contributed by atoms with Gasteiger partial charge in [0, 0.05) is 30.3 Å². The number of benzene rings is 1. The van der Waals surface area contributed by atoms with Gasteiger partial charge in [-0.25, -0.2) is 13.2 Å². The first-order chi connectivity index (χ1) is 11.9. The number of hydrogen-bond donors (Lipinski definition) is 2. The van der Waals surface area contributed by atoms with Gasteiger partial charge in [0.15, 0.2) is 0 Å². The van der Waals surface area contributed by atoms with Crippen molar-refractivity contribution in [2.45, 2.75) is 4.21 Å². The summed E-state index contributed by atoms with van der Waals surface area (Å²) in [5.74, 6) is 0.785. The van der Waals surface area contributed by atoms with Crippen LogP contribution in [-0.2, 0) is 10.0 Å². The second-order valence-electron chi connectivity index (χ2n) is 5.30. The molecule has 2 aromatic rings. The number of nitrogens with one attached hydrogen (secondary N) is 1. The van der Waals surface area contributed by atoms with Gasteiger partial charge in [-0.2, -0.15) is 11.8 Å². The molecule has 0 bridgehead atoms. The van der Waals surface area contributed by atoms with Crippen LogP contribution in [0.15, 0.2) is 34.5 Å². The standard InChI is InChI=1S/C15H15ClN2O4S3/c16-13-3-4-14(24-13)25(21,22)17-10-1-2-12(11(9-10)15(19)20)18-5-7-23-8-6-18/h1-4,9,17H,5-8H2,(H,19,20). The smallest absolute Gasteiger partial charge is 0.337 e. The topological polar surface area (TPSA) is 86.7 Å². The third kappa shape index (κ3) is 4.22. The van der Waals surface area contributed by atoms with Crippen molar-refractivity contribution in [3.8, 4) is 0 Å². The Morgan fingerprint density at radius 3 is 2.52 bits per heavy atom. The number of rotatable bonds is 5. The normalized spacial score (nSPS) is 15.2. The van der Waals surface area contributed by atoms with E-state index in [1.165, 1.54) is 18.2 Å². The van der Waals surface area contributed by atoms with Gasteiger partial charge in [-0.3, -0.25) is 4.72 Å². The van der Waals surface area contributed by atoms with Crippen LogP contribution < -0.4 is 9.62 Å². The predicted octanol–water partition coefficient (Wildman–Crippen LogP) is 3.45. The van der Waals surface area contributed by atoms with Crippen molar-refractivity contribution >= 4 is 62.1 Å². The van der Waals surface area contributed by atoms with Crippen LogP contribution in [0.3, 0.4) is 0 Å². The Morgan fingerprint density at radius 2 is 1.92 bits per heavy atom. The molecule has 0 radical (unpaired) electrons. The fraction of sp³-hybridized carbons (Fsp3) is 0.267. The molecule has 1 aromatic carbocycles. The molecule has 2 N–H and O–H groups in total. The van der Waals surface area contributed by atoms with E-state index < -0.39 is 16.0 Å². The lowest BCUT2D eigenvalue weighted by Gasteiger charge is -2.29. The van der Waals surface area contributed by atoms with Gasteiger partial charge < -0.3 is 10.0 Å². The number of sulfonamides is 1. The van der Waals surface area contributed by atoms with Crippen LogP contribution in [0.1, 0.15) is 10.4 Å². The van der Waals surface area contributed by atoms with Gasteiger partial charge in [0.1, 0.15) is 4.21 Å². The lowest BCUT2D eigenvalue weighted by Crippen LogP contribution is -2.33. The molecule has 0 saturated carbocycles. The van der Waals surface area contributed by atoms with Crippen molar-refractivity contribution in [1.82, 2.24) is 0 Å². The Balaban J connectivity index is 1.90. The average Bonchev–Trinajstić information content (AvgIpc) is 3.03. The first-order valence-electron chi connectivity index (χ1n) is 7.35. The number of hydrogen-bond acceptors (Lipinski definition) is 6. The van der Waals surface area contributed by atoms with Crippen LogP contribution in [0.5, 0.6) is 0 Å². The summed E-state index contributed by atoms with van der Waals surface area (Å²) in [5.41, 5.74) is 0.892. The van der Waals surface area contributed by atoms with Gasteiger partial charge in [-0.1, -0.05) is 11.6 Å². The van der Waals surface area contributed by atoms with Crippen molar-refractivity contribution in [2.75, 3.05) is 34.2 Å². The van der Waals surface area contributed by atoms with Crippen LogP contribution in [0.4, 0.5) is 11.4 Å². The lowest BCUT2D eigenvalue weighted by molar-refractivity contribution is 0.0697. The summed E-state index contributed by atoms with van der Waals surface area (Å²) in [6.45, 7) is 1.54. The zero-order valence-corrected chi connectivity index (χ0v) is 16.1. The molecule has 0 spiro atoms. The highest BCUT2D eigenvalue weighted by Crippen LogP contribution is 2.30. The van der Waals surface area contributed by atoms with Crippen LogP contribution in [0.25, 0.3) is 0 Å². The molecule has 1 aliphatic heterocycles. The molecular weight excluding hydrogens is 404 g/mol. The van der Waals surface area contributed by atoms with E-state index in [1.807, 2.05) is 16.7 Å². The average molecular weight is 419 g/mol. The van der Waals surface area contributed by atoms with Crippen molar-refractivity contribution < 1.29 is 18.3 Å². The summed E-state index contributed by atoms with van der Waals surface area (Å²) in [5, 5.41) is 9.51. The van der Waals surface area contributed by atoms with E-state index in [0.717, 1.165) is 35.9 Å². The third-order valence-corrected chi connectivity index (χ3v) is 7.69. The molecule has 0 amide bonds. The molecule has 3 rings (SSSR count). The maximum absolute atomic E-state index is 12.4. The Hall–Kier alpha value is -1.42. The SMILES string of the molecule is O=C(O)c1cc(NS(=O)(=O)c2ccc(Cl)s2)ccc1N1CCSCC1. The second-order valence-corrected chi connectivity index (χ2v) is 10.1. The molecule has 25 heavy (non-hydrogen) atoms. The van der Waals surface area contributed by atoms with E-state index in [0.29, 0.717) is 10.0 Å².